The van der Waals surface area contributed by atoms with Gasteiger partial charge in [0.1, 0.15) is 17.4 Å². The molecule has 3 atom stereocenters. The Kier molecular flexibility index (Phi) is 7.13. The van der Waals surface area contributed by atoms with Crippen molar-refractivity contribution in [3.05, 3.63) is 78.0 Å². The van der Waals surface area contributed by atoms with Crippen molar-refractivity contribution in [2.45, 2.75) is 50.2 Å². The van der Waals surface area contributed by atoms with E-state index in [-0.39, 0.29) is 34.9 Å². The van der Waals surface area contributed by atoms with E-state index in [0.717, 1.165) is 22.6 Å². The topological polar surface area (TPSA) is 105 Å². The highest BCUT2D eigenvalue weighted by atomic mass is 32.2. The Morgan fingerprint density at radius 1 is 1.10 bits per heavy atom. The van der Waals surface area contributed by atoms with Crippen molar-refractivity contribution in [3.63, 3.8) is 0 Å². The summed E-state index contributed by atoms with van der Waals surface area (Å²) in [4.78, 5) is 21.3. The van der Waals surface area contributed by atoms with E-state index in [2.05, 4.69) is 15.3 Å². The number of nitrogens with zero attached hydrogens (tertiary/aromatic N) is 3. The van der Waals surface area contributed by atoms with Gasteiger partial charge in [0.15, 0.2) is 0 Å². The molecule has 1 aliphatic heterocycles. The summed E-state index contributed by atoms with van der Waals surface area (Å²) >= 11 is 0. The molecular weight excluding hydrogens is 552 g/mol. The molecule has 1 amide bonds. The van der Waals surface area contributed by atoms with Gasteiger partial charge < -0.3 is 9.73 Å². The number of carbonyl (C=O) groups excluding carboxylic acids is 1. The van der Waals surface area contributed by atoms with Crippen LogP contribution in [-0.4, -0.2) is 40.7 Å². The first-order valence-electron chi connectivity index (χ1n) is 12.3. The smallest absolute Gasteiger partial charge is 0.417 e. The molecule has 0 radical (unpaired) electrons. The number of benzene rings is 1. The van der Waals surface area contributed by atoms with Gasteiger partial charge in [-0.15, -0.1) is 0 Å². The van der Waals surface area contributed by atoms with Crippen LogP contribution in [0.3, 0.4) is 0 Å². The number of pyridine rings is 2. The lowest BCUT2D eigenvalue weighted by molar-refractivity contribution is -0.137. The number of sulfonamides is 1. The lowest BCUT2D eigenvalue weighted by atomic mass is 10.0. The molecule has 0 bridgehead atoms. The molecule has 0 spiro atoms. The van der Waals surface area contributed by atoms with Crippen molar-refractivity contribution in [1.29, 1.82) is 0 Å². The Balaban J connectivity index is 1.33. The van der Waals surface area contributed by atoms with Crippen LogP contribution >= 0.6 is 0 Å². The maximum atomic E-state index is 13.6. The minimum absolute atomic E-state index is 0.0512. The molecule has 8 nitrogen and oxygen atoms in total. The van der Waals surface area contributed by atoms with Crippen molar-refractivity contribution >= 4 is 26.9 Å². The van der Waals surface area contributed by atoms with E-state index in [9.17, 15) is 30.8 Å². The van der Waals surface area contributed by atoms with Gasteiger partial charge in [0.25, 0.3) is 10.0 Å². The number of amides is 1. The lowest BCUT2D eigenvalue weighted by Crippen LogP contribution is -2.48. The van der Waals surface area contributed by atoms with E-state index in [1.807, 2.05) is 6.92 Å². The van der Waals surface area contributed by atoms with Crippen LogP contribution in [0.4, 0.5) is 17.6 Å². The number of halogens is 4. The molecule has 4 aromatic rings. The van der Waals surface area contributed by atoms with Crippen LogP contribution in [0.15, 0.2) is 70.4 Å². The second-order valence-corrected chi connectivity index (χ2v) is 11.5. The molecule has 1 fully saturated rings. The molecule has 0 aliphatic carbocycles. The second-order valence-electron chi connectivity index (χ2n) is 9.74. The van der Waals surface area contributed by atoms with Gasteiger partial charge in [0.05, 0.1) is 23.5 Å². The van der Waals surface area contributed by atoms with E-state index < -0.39 is 45.6 Å². The average molecular weight is 577 g/mol. The Morgan fingerprint density at radius 3 is 2.58 bits per heavy atom. The molecule has 1 saturated heterocycles. The Hall–Kier alpha value is -3.84. The van der Waals surface area contributed by atoms with E-state index in [4.69, 9.17) is 4.42 Å². The van der Waals surface area contributed by atoms with Gasteiger partial charge in [-0.25, -0.2) is 12.8 Å². The molecule has 1 aromatic carbocycles. The Labute approximate surface area is 227 Å². The van der Waals surface area contributed by atoms with Crippen LogP contribution in [0.5, 0.6) is 0 Å². The molecule has 13 heteroatoms. The van der Waals surface area contributed by atoms with Gasteiger partial charge in [0, 0.05) is 35.5 Å². The Morgan fingerprint density at radius 2 is 1.88 bits per heavy atom. The molecule has 1 N–H and O–H groups in total. The number of furan rings is 1. The predicted molar refractivity (Wildman–Crippen MR) is 137 cm³/mol. The minimum atomic E-state index is -4.50. The highest BCUT2D eigenvalue weighted by molar-refractivity contribution is 7.89. The first kappa shape index (κ1) is 27.7. The highest BCUT2D eigenvalue weighted by Crippen LogP contribution is 2.37. The first-order valence-corrected chi connectivity index (χ1v) is 13.8. The van der Waals surface area contributed by atoms with E-state index in [1.54, 1.807) is 19.1 Å². The quantitative estimate of drug-likeness (QED) is 0.318. The summed E-state index contributed by atoms with van der Waals surface area (Å²) in [7, 11) is -4.25. The summed E-state index contributed by atoms with van der Waals surface area (Å²) < 4.78 is 86.0. The molecule has 1 aliphatic rings. The highest BCUT2D eigenvalue weighted by Gasteiger charge is 2.48. The van der Waals surface area contributed by atoms with Gasteiger partial charge in [-0.05, 0) is 61.7 Å². The van der Waals surface area contributed by atoms with E-state index in [0.29, 0.717) is 17.0 Å². The molecule has 210 valence electrons. The number of aromatic nitrogens is 2. The summed E-state index contributed by atoms with van der Waals surface area (Å²) in [5.74, 6) is -1.22. The summed E-state index contributed by atoms with van der Waals surface area (Å²) in [6.07, 6.45) is -2.05. The van der Waals surface area contributed by atoms with Crippen molar-refractivity contribution in [2.75, 3.05) is 0 Å². The fourth-order valence-electron chi connectivity index (χ4n) is 4.78. The number of nitrogens with one attached hydrogen (secondary N) is 1. The second kappa shape index (κ2) is 10.3. The predicted octanol–water partition coefficient (Wildman–Crippen LogP) is 5.15. The minimum Gasteiger partial charge on any atom is -0.443 e. The zero-order valence-electron chi connectivity index (χ0n) is 21.3. The third-order valence-electron chi connectivity index (χ3n) is 7.06. The van der Waals surface area contributed by atoms with Crippen molar-refractivity contribution < 1.29 is 35.2 Å². The zero-order chi connectivity index (χ0) is 28.8. The molecule has 0 saturated carbocycles. The summed E-state index contributed by atoms with van der Waals surface area (Å²) in [5.41, 5.74) is 0.535. The average Bonchev–Trinajstić information content (AvgIpc) is 3.48. The normalized spacial score (nSPS) is 20.2. The number of hydrogen-bond acceptors (Lipinski definition) is 6. The molecule has 4 heterocycles. The van der Waals surface area contributed by atoms with Crippen LogP contribution in [0, 0.1) is 11.7 Å². The van der Waals surface area contributed by atoms with Crippen LogP contribution < -0.4 is 5.32 Å². The van der Waals surface area contributed by atoms with E-state index in [1.165, 1.54) is 30.5 Å². The molecule has 5 rings (SSSR count). The molecule has 0 unspecified atom stereocenters. The number of alkyl halides is 3. The maximum Gasteiger partial charge on any atom is 0.417 e. The van der Waals surface area contributed by atoms with Gasteiger partial charge in [-0.1, -0.05) is 6.92 Å². The van der Waals surface area contributed by atoms with Crippen molar-refractivity contribution in [3.8, 4) is 11.3 Å². The summed E-state index contributed by atoms with van der Waals surface area (Å²) in [5, 5.41) is 2.62. The molecule has 40 heavy (non-hydrogen) atoms. The number of hydrogen-bond donors (Lipinski definition) is 1. The van der Waals surface area contributed by atoms with Gasteiger partial charge in [-0.2, -0.15) is 17.5 Å². The van der Waals surface area contributed by atoms with Crippen LogP contribution in [0.25, 0.3) is 22.2 Å². The number of rotatable bonds is 6. The third-order valence-corrected chi connectivity index (χ3v) is 8.92. The zero-order valence-corrected chi connectivity index (χ0v) is 22.1. The molecular formula is C27H24F4N4O4S. The van der Waals surface area contributed by atoms with Crippen LogP contribution in [-0.2, 0) is 27.5 Å². The largest absolute Gasteiger partial charge is 0.443 e. The third kappa shape index (κ3) is 5.30. The summed E-state index contributed by atoms with van der Waals surface area (Å²) in [6, 6.07) is 8.70. The first-order chi connectivity index (χ1) is 18.8. The van der Waals surface area contributed by atoms with Gasteiger partial charge in [0.2, 0.25) is 11.0 Å². The molecule has 3 aromatic heterocycles. The van der Waals surface area contributed by atoms with Gasteiger partial charge >= 0.3 is 6.18 Å². The lowest BCUT2D eigenvalue weighted by Gasteiger charge is -2.26. The Bertz CT molecular complexity index is 1670. The van der Waals surface area contributed by atoms with E-state index >= 15 is 0 Å². The fraction of sp³-hybridized carbons (Fsp3) is 0.296. The fourth-order valence-corrected chi connectivity index (χ4v) is 6.62. The van der Waals surface area contributed by atoms with Gasteiger partial charge in [-0.3, -0.25) is 14.8 Å². The van der Waals surface area contributed by atoms with Crippen LogP contribution in [0.2, 0.25) is 0 Å². The summed E-state index contributed by atoms with van der Waals surface area (Å²) in [6.45, 7) is 3.50. The number of fused-ring (bicyclic) bond motifs is 1. The SMILES string of the molecule is C[C@H]1C[C@@H](C(=O)NCc2cc(-c3ccc(C(F)(F)F)cn3)ccn2)N(S(=O)(=O)c2cc3cc(F)ccc3o2)[C@H]1C. The maximum absolute atomic E-state index is 13.6. The van der Waals surface area contributed by atoms with Crippen molar-refractivity contribution in [1.82, 2.24) is 19.6 Å². The van der Waals surface area contributed by atoms with Crippen LogP contribution in [0.1, 0.15) is 31.5 Å². The standard InChI is InChI=1S/C27H24F4N4O4S/c1-15-9-23(35(16(15)2)40(37,38)25-12-18-10-20(28)4-6-24(18)39-25)26(36)34-14-21-11-17(7-8-32-21)22-5-3-19(13-33-22)27(29,30)31/h3-8,10-13,15-16,23H,9,14H2,1-2H3,(H,34,36)/t15-,16-,23-/m0/s1. The number of carbonyl (C=O) groups is 1. The van der Waals surface area contributed by atoms with Crippen molar-refractivity contribution in [2.24, 2.45) is 5.92 Å². The monoisotopic (exact) mass is 576 g/mol.